The van der Waals surface area contributed by atoms with Gasteiger partial charge in [-0.15, -0.1) is 0 Å². The Balaban J connectivity index is 1.65. The normalized spacial score (nSPS) is 18.8. The van der Waals surface area contributed by atoms with Gasteiger partial charge in [0.2, 0.25) is 5.91 Å². The van der Waals surface area contributed by atoms with E-state index in [1.165, 1.54) is 12.5 Å². The van der Waals surface area contributed by atoms with Crippen molar-refractivity contribution in [3.8, 4) is 11.4 Å². The zero-order valence-electron chi connectivity index (χ0n) is 18.9. The summed E-state index contributed by atoms with van der Waals surface area (Å²) in [6, 6.07) is 9.91. The number of aromatic nitrogens is 2. The molecule has 1 N–H and O–H groups in total. The number of amides is 1. The third-order valence-corrected chi connectivity index (χ3v) is 7.59. The third kappa shape index (κ3) is 4.81. The molecule has 2 heterocycles. The van der Waals surface area contributed by atoms with Crippen LogP contribution in [0.1, 0.15) is 51.0 Å². The molecule has 5 rings (SSSR count). The molecule has 1 aromatic heterocycles. The number of carbonyl (C=O) groups is 1. The molecule has 1 aliphatic carbocycles. The minimum atomic E-state index is -0.526. The number of fused-ring (bicyclic) bond motifs is 1. The molecular formula is C26H28Cl2FN3O2. The van der Waals surface area contributed by atoms with Crippen LogP contribution in [-0.4, -0.2) is 34.7 Å². The lowest BCUT2D eigenvalue weighted by atomic mass is 9.83. The molecule has 1 amide bonds. The maximum absolute atomic E-state index is 14.4. The highest BCUT2D eigenvalue weighted by molar-refractivity contribution is 6.31. The van der Waals surface area contributed by atoms with E-state index in [2.05, 4.69) is 5.32 Å². The number of nitrogens with one attached hydrogen (secondary N) is 1. The zero-order chi connectivity index (χ0) is 23.7. The van der Waals surface area contributed by atoms with E-state index in [0.29, 0.717) is 35.1 Å². The number of halogens is 3. The van der Waals surface area contributed by atoms with Crippen LogP contribution in [0.3, 0.4) is 0 Å². The number of hydrogen-bond acceptors (Lipinski definition) is 3. The Morgan fingerprint density at radius 3 is 2.47 bits per heavy atom. The first-order valence-corrected chi connectivity index (χ1v) is 12.8. The molecule has 2 aromatic carbocycles. The summed E-state index contributed by atoms with van der Waals surface area (Å²) in [5, 5.41) is 3.92. The molecule has 0 spiro atoms. The SMILES string of the molecule is O=C(NC1CCOCC1)C(C1CCCCC1)n1c(-c2ccc(Cl)cc2)nc2cc(F)c(Cl)cc21. The largest absolute Gasteiger partial charge is 0.381 e. The van der Waals surface area contributed by atoms with Gasteiger partial charge in [0.15, 0.2) is 0 Å². The fraction of sp³-hybridized carbons (Fsp3) is 0.462. The summed E-state index contributed by atoms with van der Waals surface area (Å²) >= 11 is 12.3. The van der Waals surface area contributed by atoms with Gasteiger partial charge in [-0.3, -0.25) is 4.79 Å². The van der Waals surface area contributed by atoms with E-state index in [1.54, 1.807) is 18.2 Å². The average molecular weight is 504 g/mol. The van der Waals surface area contributed by atoms with Crippen molar-refractivity contribution in [2.75, 3.05) is 13.2 Å². The maximum atomic E-state index is 14.4. The summed E-state index contributed by atoms with van der Waals surface area (Å²) in [6.45, 7) is 1.30. The van der Waals surface area contributed by atoms with Crippen molar-refractivity contribution in [3.63, 3.8) is 0 Å². The lowest BCUT2D eigenvalue weighted by molar-refractivity contribution is -0.127. The smallest absolute Gasteiger partial charge is 0.243 e. The topological polar surface area (TPSA) is 56.1 Å². The van der Waals surface area contributed by atoms with Crippen LogP contribution in [0.5, 0.6) is 0 Å². The molecule has 8 heteroatoms. The Bertz CT molecular complexity index is 1170. The van der Waals surface area contributed by atoms with Crippen LogP contribution in [-0.2, 0) is 9.53 Å². The first kappa shape index (κ1) is 23.6. The molecule has 3 aromatic rings. The molecule has 0 bridgehead atoms. The van der Waals surface area contributed by atoms with Gasteiger partial charge in [0.25, 0.3) is 0 Å². The molecule has 34 heavy (non-hydrogen) atoms. The summed E-state index contributed by atoms with van der Waals surface area (Å²) in [6.07, 6.45) is 6.87. The minimum Gasteiger partial charge on any atom is -0.381 e. The van der Waals surface area contributed by atoms with Gasteiger partial charge < -0.3 is 14.6 Å². The van der Waals surface area contributed by atoms with E-state index in [9.17, 15) is 9.18 Å². The molecule has 2 aliphatic rings. The van der Waals surface area contributed by atoms with E-state index in [1.807, 2.05) is 16.7 Å². The van der Waals surface area contributed by atoms with Crippen LogP contribution in [0.15, 0.2) is 36.4 Å². The van der Waals surface area contributed by atoms with Gasteiger partial charge >= 0.3 is 0 Å². The molecule has 0 radical (unpaired) electrons. The van der Waals surface area contributed by atoms with E-state index in [-0.39, 0.29) is 22.9 Å². The Kier molecular flexibility index (Phi) is 7.09. The van der Waals surface area contributed by atoms with Crippen molar-refractivity contribution in [1.82, 2.24) is 14.9 Å². The second kappa shape index (κ2) is 10.2. The van der Waals surface area contributed by atoms with Crippen molar-refractivity contribution >= 4 is 40.1 Å². The van der Waals surface area contributed by atoms with Gasteiger partial charge in [0.05, 0.1) is 16.1 Å². The molecule has 1 saturated heterocycles. The van der Waals surface area contributed by atoms with E-state index in [4.69, 9.17) is 32.9 Å². The lowest BCUT2D eigenvalue weighted by Crippen LogP contribution is -2.45. The number of imidazole rings is 1. The average Bonchev–Trinajstić information content (AvgIpc) is 3.19. The first-order chi connectivity index (χ1) is 16.5. The van der Waals surface area contributed by atoms with Gasteiger partial charge in [-0.2, -0.15) is 0 Å². The van der Waals surface area contributed by atoms with Crippen molar-refractivity contribution < 1.29 is 13.9 Å². The molecular weight excluding hydrogens is 476 g/mol. The number of ether oxygens (including phenoxy) is 1. The van der Waals surface area contributed by atoms with E-state index in [0.717, 1.165) is 44.1 Å². The summed E-state index contributed by atoms with van der Waals surface area (Å²) < 4.78 is 21.8. The fourth-order valence-corrected chi connectivity index (χ4v) is 5.58. The standard InChI is InChI=1S/C26H28Cl2FN3O2/c27-18-8-6-17(7-9-18)25-31-22-15-21(29)20(28)14-23(22)32(25)24(16-4-2-1-3-5-16)26(33)30-19-10-12-34-13-11-19/h6-9,14-16,19,24H,1-5,10-13H2,(H,30,33). The summed E-state index contributed by atoms with van der Waals surface area (Å²) in [7, 11) is 0. The second-order valence-corrected chi connectivity index (χ2v) is 10.1. The lowest BCUT2D eigenvalue weighted by Gasteiger charge is -2.33. The van der Waals surface area contributed by atoms with E-state index < -0.39 is 11.9 Å². The quantitative estimate of drug-likeness (QED) is 0.428. The molecule has 5 nitrogen and oxygen atoms in total. The monoisotopic (exact) mass is 503 g/mol. The predicted octanol–water partition coefficient (Wildman–Crippen LogP) is 6.57. The summed E-state index contributed by atoms with van der Waals surface area (Å²) in [5.41, 5.74) is 1.96. The number of benzene rings is 2. The van der Waals surface area contributed by atoms with Crippen molar-refractivity contribution in [3.05, 3.63) is 52.3 Å². The van der Waals surface area contributed by atoms with Crippen LogP contribution >= 0.6 is 23.2 Å². The highest BCUT2D eigenvalue weighted by atomic mass is 35.5. The van der Waals surface area contributed by atoms with Crippen LogP contribution in [0, 0.1) is 11.7 Å². The molecule has 1 saturated carbocycles. The van der Waals surface area contributed by atoms with Gasteiger partial charge in [-0.25, -0.2) is 9.37 Å². The van der Waals surface area contributed by atoms with Gasteiger partial charge in [0.1, 0.15) is 17.7 Å². The maximum Gasteiger partial charge on any atom is 0.243 e. The van der Waals surface area contributed by atoms with Crippen LogP contribution < -0.4 is 5.32 Å². The third-order valence-electron chi connectivity index (χ3n) is 7.04. The summed E-state index contributed by atoms with van der Waals surface area (Å²) in [4.78, 5) is 18.7. The number of rotatable bonds is 5. The Morgan fingerprint density at radius 2 is 1.76 bits per heavy atom. The highest BCUT2D eigenvalue weighted by Gasteiger charge is 2.35. The number of carbonyl (C=O) groups excluding carboxylic acids is 1. The molecule has 1 atom stereocenters. The first-order valence-electron chi connectivity index (χ1n) is 12.0. The van der Waals surface area contributed by atoms with Gasteiger partial charge in [-0.05, 0) is 61.9 Å². The zero-order valence-corrected chi connectivity index (χ0v) is 20.4. The second-order valence-electron chi connectivity index (χ2n) is 9.31. The molecule has 180 valence electrons. The van der Waals surface area contributed by atoms with Crippen molar-refractivity contribution in [2.24, 2.45) is 5.92 Å². The van der Waals surface area contributed by atoms with E-state index >= 15 is 0 Å². The van der Waals surface area contributed by atoms with Crippen LogP contribution in [0.25, 0.3) is 22.4 Å². The molecule has 2 fully saturated rings. The van der Waals surface area contributed by atoms with Crippen LogP contribution in [0.2, 0.25) is 10.0 Å². The summed E-state index contributed by atoms with van der Waals surface area (Å²) in [5.74, 6) is 0.225. The van der Waals surface area contributed by atoms with Crippen molar-refractivity contribution in [1.29, 1.82) is 0 Å². The number of hydrogen-bond donors (Lipinski definition) is 1. The van der Waals surface area contributed by atoms with Gasteiger partial charge in [0, 0.05) is 35.9 Å². The molecule has 1 unspecified atom stereocenters. The highest BCUT2D eigenvalue weighted by Crippen LogP contribution is 2.39. The Hall–Kier alpha value is -2.15. The fourth-order valence-electron chi connectivity index (χ4n) is 5.30. The minimum absolute atomic E-state index is 0.0172. The van der Waals surface area contributed by atoms with Crippen molar-refractivity contribution in [2.45, 2.75) is 57.0 Å². The predicted molar refractivity (Wildman–Crippen MR) is 133 cm³/mol. The number of nitrogens with zero attached hydrogens (tertiary/aromatic N) is 2. The molecule has 1 aliphatic heterocycles. The Labute approximate surface area is 208 Å². The van der Waals surface area contributed by atoms with Crippen LogP contribution in [0.4, 0.5) is 4.39 Å². The van der Waals surface area contributed by atoms with Gasteiger partial charge in [-0.1, -0.05) is 42.5 Å². The Morgan fingerprint density at radius 1 is 1.06 bits per heavy atom.